The van der Waals surface area contributed by atoms with Crippen LogP contribution in [-0.4, -0.2) is 42.2 Å². The van der Waals surface area contributed by atoms with E-state index in [4.69, 9.17) is 10.2 Å². The van der Waals surface area contributed by atoms with Crippen molar-refractivity contribution in [3.8, 4) is 0 Å². The maximum atomic E-state index is 12.0. The third kappa shape index (κ3) is 3.25. The first-order valence-electron chi connectivity index (χ1n) is 5.09. The molecule has 2 unspecified atom stereocenters. The first-order chi connectivity index (χ1) is 8.29. The molecule has 18 heavy (non-hydrogen) atoms. The summed E-state index contributed by atoms with van der Waals surface area (Å²) in [5.41, 5.74) is 0.675. The average Bonchev–Trinajstić information content (AvgIpc) is 2.76. The summed E-state index contributed by atoms with van der Waals surface area (Å²) in [6, 6.07) is -0.510. The van der Waals surface area contributed by atoms with Crippen LogP contribution in [0.3, 0.4) is 0 Å². The number of nitrogens with one attached hydrogen (secondary N) is 1. The van der Waals surface area contributed by atoms with E-state index < -0.39 is 27.7 Å². The molecule has 0 saturated carbocycles. The Morgan fingerprint density at radius 3 is 2.67 bits per heavy atom. The van der Waals surface area contributed by atoms with Gasteiger partial charge < -0.3 is 10.2 Å². The van der Waals surface area contributed by atoms with Crippen molar-refractivity contribution in [2.75, 3.05) is 6.61 Å². The topological polar surface area (TPSA) is 117 Å². The number of hydrogen-bond donors (Lipinski definition) is 3. The minimum atomic E-state index is -3.93. The number of carbonyl (C=O) groups is 1. The van der Waals surface area contributed by atoms with Crippen molar-refractivity contribution >= 4 is 27.3 Å². The fourth-order valence-corrected chi connectivity index (χ4v) is 3.65. The number of carboxylic acids is 1. The predicted molar refractivity (Wildman–Crippen MR) is 65.1 cm³/mol. The lowest BCUT2D eigenvalue weighted by molar-refractivity contribution is 0.0687. The van der Waals surface area contributed by atoms with Crippen molar-refractivity contribution in [1.29, 1.82) is 0 Å². The molecule has 0 radical (unpaired) electrons. The van der Waals surface area contributed by atoms with Crippen LogP contribution < -0.4 is 4.72 Å². The molecule has 1 rings (SSSR count). The number of aliphatic hydroxyl groups is 1. The van der Waals surface area contributed by atoms with E-state index in [-0.39, 0.29) is 16.7 Å². The number of carboxylic acid groups (broad SMARTS) is 1. The van der Waals surface area contributed by atoms with Crippen molar-refractivity contribution in [2.24, 2.45) is 5.92 Å². The molecule has 0 aliphatic rings. The van der Waals surface area contributed by atoms with Gasteiger partial charge in [-0.25, -0.2) is 22.9 Å². The van der Waals surface area contributed by atoms with Gasteiger partial charge in [0, 0.05) is 12.6 Å². The first-order valence-corrected chi connectivity index (χ1v) is 7.45. The van der Waals surface area contributed by atoms with E-state index in [2.05, 4.69) is 9.71 Å². The second kappa shape index (κ2) is 5.74. The molecular formula is C9H14N2O5S2. The molecule has 1 heterocycles. The number of aliphatic hydroxyl groups excluding tert-OH is 1. The van der Waals surface area contributed by atoms with Crippen molar-refractivity contribution in [3.05, 3.63) is 11.2 Å². The SMILES string of the molecule is CC(CO)C(C)NS(=O)(=O)c1scnc1C(=O)O. The molecule has 0 saturated heterocycles. The maximum absolute atomic E-state index is 12.0. The van der Waals surface area contributed by atoms with E-state index >= 15 is 0 Å². The smallest absolute Gasteiger partial charge is 0.356 e. The highest BCUT2D eigenvalue weighted by molar-refractivity contribution is 7.91. The Morgan fingerprint density at radius 2 is 2.17 bits per heavy atom. The van der Waals surface area contributed by atoms with Crippen LogP contribution >= 0.6 is 11.3 Å². The number of sulfonamides is 1. The molecule has 0 amide bonds. The number of hydrogen-bond acceptors (Lipinski definition) is 6. The third-order valence-corrected chi connectivity index (χ3v) is 5.39. The molecule has 0 aromatic carbocycles. The molecule has 7 nitrogen and oxygen atoms in total. The summed E-state index contributed by atoms with van der Waals surface area (Å²) < 4.78 is 25.9. The quantitative estimate of drug-likeness (QED) is 0.687. The summed E-state index contributed by atoms with van der Waals surface area (Å²) in [5, 5.41) is 17.8. The Hall–Kier alpha value is -1.03. The minimum absolute atomic E-state index is 0.168. The Kier molecular flexibility index (Phi) is 4.79. The van der Waals surface area contributed by atoms with Gasteiger partial charge in [0.1, 0.15) is 0 Å². The number of nitrogens with zero attached hydrogens (tertiary/aromatic N) is 1. The second-order valence-electron chi connectivity index (χ2n) is 3.86. The standard InChI is InChI=1S/C9H14N2O5S2/c1-5(3-12)6(2)11-18(15,16)9-7(8(13)14)10-4-17-9/h4-6,11-12H,3H2,1-2H3,(H,13,14). The molecule has 1 aromatic heterocycles. The molecule has 2 atom stereocenters. The third-order valence-electron chi connectivity index (χ3n) is 2.46. The molecule has 1 aromatic rings. The van der Waals surface area contributed by atoms with Gasteiger partial charge in [0.15, 0.2) is 9.90 Å². The molecule has 0 spiro atoms. The number of aromatic carboxylic acids is 1. The summed E-state index contributed by atoms with van der Waals surface area (Å²) in [7, 11) is -3.93. The molecule has 0 fully saturated rings. The normalized spacial score (nSPS) is 15.3. The lowest BCUT2D eigenvalue weighted by Gasteiger charge is -2.18. The molecule has 9 heteroatoms. The zero-order valence-corrected chi connectivity index (χ0v) is 11.5. The molecule has 0 aliphatic carbocycles. The van der Waals surface area contributed by atoms with Gasteiger partial charge in [-0.05, 0) is 12.8 Å². The number of thiazole rings is 1. The molecular weight excluding hydrogens is 280 g/mol. The highest BCUT2D eigenvalue weighted by atomic mass is 32.2. The van der Waals surface area contributed by atoms with Gasteiger partial charge in [-0.3, -0.25) is 0 Å². The zero-order valence-electron chi connectivity index (χ0n) is 9.82. The van der Waals surface area contributed by atoms with E-state index in [0.29, 0.717) is 0 Å². The number of aromatic nitrogens is 1. The zero-order chi connectivity index (χ0) is 13.9. The van der Waals surface area contributed by atoms with E-state index in [1.807, 2.05) is 0 Å². The van der Waals surface area contributed by atoms with Gasteiger partial charge in [0.05, 0.1) is 5.51 Å². The lowest BCUT2D eigenvalue weighted by Crippen LogP contribution is -2.38. The van der Waals surface area contributed by atoms with E-state index in [1.54, 1.807) is 13.8 Å². The van der Waals surface area contributed by atoms with Gasteiger partial charge in [-0.15, -0.1) is 11.3 Å². The van der Waals surface area contributed by atoms with Crippen LogP contribution in [0.1, 0.15) is 24.3 Å². The Bertz CT molecular complexity index is 525. The van der Waals surface area contributed by atoms with Crippen LogP contribution in [0.4, 0.5) is 0 Å². The molecule has 102 valence electrons. The minimum Gasteiger partial charge on any atom is -0.476 e. The van der Waals surface area contributed by atoms with Crippen molar-refractivity contribution < 1.29 is 23.4 Å². The highest BCUT2D eigenvalue weighted by Gasteiger charge is 2.28. The maximum Gasteiger partial charge on any atom is 0.356 e. The van der Waals surface area contributed by atoms with Gasteiger partial charge in [0.25, 0.3) is 10.0 Å². The first kappa shape index (κ1) is 15.0. The summed E-state index contributed by atoms with van der Waals surface area (Å²) in [4.78, 5) is 14.3. The lowest BCUT2D eigenvalue weighted by atomic mass is 10.1. The largest absolute Gasteiger partial charge is 0.476 e. The number of rotatable bonds is 6. The van der Waals surface area contributed by atoms with Crippen molar-refractivity contribution in [2.45, 2.75) is 24.1 Å². The summed E-state index contributed by atoms with van der Waals surface area (Å²) in [6.07, 6.45) is 0. The van der Waals surface area contributed by atoms with Crippen LogP contribution in [-0.2, 0) is 10.0 Å². The summed E-state index contributed by atoms with van der Waals surface area (Å²) >= 11 is 0.741. The van der Waals surface area contributed by atoms with Crippen LogP contribution in [0.15, 0.2) is 9.72 Å². The van der Waals surface area contributed by atoms with Crippen LogP contribution in [0.2, 0.25) is 0 Å². The fourth-order valence-electron chi connectivity index (χ4n) is 1.14. The monoisotopic (exact) mass is 294 g/mol. The second-order valence-corrected chi connectivity index (χ2v) is 6.63. The predicted octanol–water partition coefficient (Wildman–Crippen LogP) is 0.137. The van der Waals surface area contributed by atoms with Crippen LogP contribution in [0, 0.1) is 5.92 Å². The van der Waals surface area contributed by atoms with Crippen LogP contribution in [0.25, 0.3) is 0 Å². The Morgan fingerprint density at radius 1 is 1.56 bits per heavy atom. The van der Waals surface area contributed by atoms with Crippen molar-refractivity contribution in [3.63, 3.8) is 0 Å². The fraction of sp³-hybridized carbons (Fsp3) is 0.556. The van der Waals surface area contributed by atoms with Gasteiger partial charge in [-0.2, -0.15) is 0 Å². The van der Waals surface area contributed by atoms with E-state index in [1.165, 1.54) is 0 Å². The highest BCUT2D eigenvalue weighted by Crippen LogP contribution is 2.20. The van der Waals surface area contributed by atoms with Crippen molar-refractivity contribution in [1.82, 2.24) is 9.71 Å². The molecule has 3 N–H and O–H groups in total. The average molecular weight is 294 g/mol. The molecule has 0 bridgehead atoms. The Balaban J connectivity index is 3.00. The Labute approximate surface area is 109 Å². The summed E-state index contributed by atoms with van der Waals surface area (Å²) in [5.74, 6) is -1.67. The van der Waals surface area contributed by atoms with Gasteiger partial charge in [-0.1, -0.05) is 6.92 Å². The van der Waals surface area contributed by atoms with E-state index in [9.17, 15) is 13.2 Å². The van der Waals surface area contributed by atoms with Gasteiger partial charge >= 0.3 is 5.97 Å². The summed E-state index contributed by atoms with van der Waals surface area (Å²) in [6.45, 7) is 3.11. The van der Waals surface area contributed by atoms with Gasteiger partial charge in [0.2, 0.25) is 0 Å². The van der Waals surface area contributed by atoms with Crippen LogP contribution in [0.5, 0.6) is 0 Å². The molecule has 0 aliphatic heterocycles. The van der Waals surface area contributed by atoms with E-state index in [0.717, 1.165) is 16.8 Å².